The van der Waals surface area contributed by atoms with Gasteiger partial charge in [-0.25, -0.2) is 18.4 Å². The predicted octanol–water partition coefficient (Wildman–Crippen LogP) is 6.64. The van der Waals surface area contributed by atoms with Crippen LogP contribution < -0.4 is 5.73 Å². The summed E-state index contributed by atoms with van der Waals surface area (Å²) in [4.78, 5) is 50.2. The fraction of sp³-hybridized carbons (Fsp3) is 0.727. The van der Waals surface area contributed by atoms with Gasteiger partial charge in [0, 0.05) is 16.7 Å². The average Bonchev–Trinajstić information content (AvgIpc) is 2.90. The van der Waals surface area contributed by atoms with E-state index in [1.807, 2.05) is 19.9 Å². The molecular formula is C33H43F2N3O4. The number of hydrogen-bond donors (Lipinski definition) is 1. The van der Waals surface area contributed by atoms with Gasteiger partial charge in [-0.1, -0.05) is 65.3 Å². The third-order valence-electron chi connectivity index (χ3n) is 12.7. The van der Waals surface area contributed by atoms with Gasteiger partial charge in [-0.3, -0.25) is 4.79 Å². The molecule has 0 aromatic rings. The number of allylic oxidation sites excluding steroid dienone is 4. The highest BCUT2D eigenvalue weighted by Crippen LogP contribution is 2.74. The van der Waals surface area contributed by atoms with Crippen LogP contribution >= 0.6 is 0 Å². The van der Waals surface area contributed by atoms with Crippen molar-refractivity contribution in [1.29, 1.82) is 0 Å². The Bertz CT molecular complexity index is 1390. The van der Waals surface area contributed by atoms with E-state index >= 15 is 0 Å². The average molecular weight is 584 g/mol. The van der Waals surface area contributed by atoms with Crippen LogP contribution in [0.25, 0.3) is 4.85 Å². The molecule has 0 aromatic carbocycles. The summed E-state index contributed by atoms with van der Waals surface area (Å²) in [5.74, 6) is -2.82. The van der Waals surface area contributed by atoms with E-state index in [1.165, 1.54) is 0 Å². The molecule has 5 aliphatic rings. The number of ketones is 2. The third-order valence-corrected chi connectivity index (χ3v) is 12.7. The zero-order valence-corrected chi connectivity index (χ0v) is 25.8. The van der Waals surface area contributed by atoms with Crippen LogP contribution in [0, 0.1) is 56.8 Å². The van der Waals surface area contributed by atoms with E-state index in [0.717, 1.165) is 24.8 Å². The minimum Gasteiger partial charge on any atom is -0.380 e. The van der Waals surface area contributed by atoms with Gasteiger partial charge in [0.15, 0.2) is 11.6 Å². The number of carbonyl (C=O) groups excluding carboxylic acids is 3. The Labute approximate surface area is 247 Å². The molecule has 0 aromatic heterocycles. The van der Waals surface area contributed by atoms with Gasteiger partial charge in [0.25, 0.3) is 6.43 Å². The lowest BCUT2D eigenvalue weighted by molar-refractivity contribution is -0.193. The summed E-state index contributed by atoms with van der Waals surface area (Å²) in [6.07, 6.45) is 4.95. The SMILES string of the molecule is [C-]#[N+]C1=C[C@]2(C)C3=CC(=O)[C@@H]4[C@@H]5CC(C)(C)CC[C@]5(C(=O)O/N=C(\N)C(F)F)CC[C@@]4(C)[C@]3(C)CC[C@H]2C(C)(C)C1=O. The number of hydrogen-bond acceptors (Lipinski definition) is 5. The molecule has 0 unspecified atom stereocenters. The minimum absolute atomic E-state index is 0.0468. The van der Waals surface area contributed by atoms with Gasteiger partial charge in [-0.05, 0) is 79.1 Å². The topological polar surface area (TPSA) is 103 Å². The summed E-state index contributed by atoms with van der Waals surface area (Å²) >= 11 is 0. The van der Waals surface area contributed by atoms with Crippen molar-refractivity contribution < 1.29 is 28.0 Å². The van der Waals surface area contributed by atoms with Crippen LogP contribution in [0.2, 0.25) is 0 Å². The van der Waals surface area contributed by atoms with Crippen molar-refractivity contribution in [1.82, 2.24) is 0 Å². The maximum absolute atomic E-state index is 14.5. The first kappa shape index (κ1) is 30.6. The maximum Gasteiger partial charge on any atom is 0.341 e. The molecule has 0 spiro atoms. The van der Waals surface area contributed by atoms with Crippen LogP contribution in [-0.4, -0.2) is 29.8 Å². The van der Waals surface area contributed by atoms with Gasteiger partial charge in [0.1, 0.15) is 0 Å². The van der Waals surface area contributed by atoms with Gasteiger partial charge in [-0.15, -0.1) is 0 Å². The van der Waals surface area contributed by atoms with Crippen LogP contribution in [0.4, 0.5) is 8.78 Å². The molecule has 0 bridgehead atoms. The number of rotatable bonds is 3. The Morgan fingerprint density at radius 3 is 2.33 bits per heavy atom. The van der Waals surface area contributed by atoms with E-state index in [9.17, 15) is 23.2 Å². The van der Waals surface area contributed by atoms with Crippen molar-refractivity contribution in [2.75, 3.05) is 0 Å². The minimum atomic E-state index is -3.04. The van der Waals surface area contributed by atoms with Crippen molar-refractivity contribution in [3.63, 3.8) is 0 Å². The summed E-state index contributed by atoms with van der Waals surface area (Å²) in [6.45, 7) is 22.3. The van der Waals surface area contributed by atoms with Gasteiger partial charge < -0.3 is 15.4 Å². The second kappa shape index (κ2) is 9.30. The van der Waals surface area contributed by atoms with Crippen LogP contribution in [-0.2, 0) is 19.2 Å². The fourth-order valence-corrected chi connectivity index (χ4v) is 10.2. The molecule has 0 saturated heterocycles. The Morgan fingerprint density at radius 1 is 1.07 bits per heavy atom. The molecule has 3 saturated carbocycles. The number of oxime groups is 1. The monoisotopic (exact) mass is 583 g/mol. The lowest BCUT2D eigenvalue weighted by Crippen LogP contribution is -2.65. The maximum atomic E-state index is 14.5. The summed E-state index contributed by atoms with van der Waals surface area (Å²) in [7, 11) is 0. The first-order valence-corrected chi connectivity index (χ1v) is 15.1. The lowest BCUT2D eigenvalue weighted by atomic mass is 9.34. The molecular weight excluding hydrogens is 540 g/mol. The number of nitrogens with two attached hydrogens (primary N) is 1. The number of halogens is 2. The molecule has 42 heavy (non-hydrogen) atoms. The molecule has 7 atom stereocenters. The number of Topliss-reactive ketones (excluding diaryl/α,β-unsaturated/α-hetero) is 1. The third kappa shape index (κ3) is 3.92. The smallest absolute Gasteiger partial charge is 0.341 e. The number of nitrogens with zero attached hydrogens (tertiary/aromatic N) is 2. The molecule has 2 N–H and O–H groups in total. The standard InChI is InChI=1S/C33H43F2N3O4/c1-28(2)11-13-33(27(41)42-38-26(36)25(34)35)14-12-32(7)23(18(33)16-28)20(39)15-22-30(5)17-19(37-8)24(40)29(3,4)21(30)9-10-31(22,32)6/h15,17-18,21,23,25H,9-14,16H2,1-7H3,(H2,36,38)/t18-,21-,23-,30-,31+,32+,33-/m0/s1. The lowest BCUT2D eigenvalue weighted by Gasteiger charge is -2.68. The Morgan fingerprint density at radius 2 is 1.71 bits per heavy atom. The first-order valence-electron chi connectivity index (χ1n) is 15.1. The van der Waals surface area contributed by atoms with Crippen LogP contribution in [0.5, 0.6) is 0 Å². The zero-order valence-electron chi connectivity index (χ0n) is 25.8. The van der Waals surface area contributed by atoms with E-state index in [-0.39, 0.29) is 34.5 Å². The molecule has 5 aliphatic carbocycles. The van der Waals surface area contributed by atoms with Crippen LogP contribution in [0.15, 0.2) is 28.6 Å². The van der Waals surface area contributed by atoms with Crippen molar-refractivity contribution in [3.8, 4) is 0 Å². The Kier molecular flexibility index (Phi) is 6.77. The highest BCUT2D eigenvalue weighted by molar-refractivity contribution is 6.03. The molecule has 0 heterocycles. The molecule has 0 aliphatic heterocycles. The van der Waals surface area contributed by atoms with E-state index in [2.05, 4.69) is 44.6 Å². The van der Waals surface area contributed by atoms with Gasteiger partial charge in [0.05, 0.1) is 12.0 Å². The van der Waals surface area contributed by atoms with E-state index in [1.54, 1.807) is 6.08 Å². The zero-order chi connectivity index (χ0) is 31.3. The van der Waals surface area contributed by atoms with Crippen molar-refractivity contribution >= 4 is 23.4 Å². The second-order valence-electron chi connectivity index (χ2n) is 15.6. The number of amidine groups is 1. The summed E-state index contributed by atoms with van der Waals surface area (Å²) in [5.41, 5.74) is 2.91. The predicted molar refractivity (Wildman–Crippen MR) is 154 cm³/mol. The summed E-state index contributed by atoms with van der Waals surface area (Å²) in [6, 6.07) is 0. The Hall–Kier alpha value is -2.89. The number of carbonyl (C=O) groups is 3. The van der Waals surface area contributed by atoms with Crippen LogP contribution in [0.3, 0.4) is 0 Å². The molecule has 5 rings (SSSR count). The van der Waals surface area contributed by atoms with E-state index in [0.29, 0.717) is 25.7 Å². The van der Waals surface area contributed by atoms with E-state index in [4.69, 9.17) is 17.1 Å². The fourth-order valence-electron chi connectivity index (χ4n) is 10.2. The van der Waals surface area contributed by atoms with Gasteiger partial charge >= 0.3 is 5.97 Å². The molecule has 0 radical (unpaired) electrons. The van der Waals surface area contributed by atoms with Crippen molar-refractivity contribution in [2.24, 2.45) is 61.1 Å². The second-order valence-corrected chi connectivity index (χ2v) is 15.6. The molecule has 3 fully saturated rings. The summed E-state index contributed by atoms with van der Waals surface area (Å²) in [5, 5.41) is 3.27. The summed E-state index contributed by atoms with van der Waals surface area (Å²) < 4.78 is 26.0. The molecule has 7 nitrogen and oxygen atoms in total. The first-order chi connectivity index (χ1) is 19.3. The Balaban J connectivity index is 1.64. The van der Waals surface area contributed by atoms with Crippen LogP contribution in [0.1, 0.15) is 93.4 Å². The molecule has 0 amide bonds. The highest BCUT2D eigenvalue weighted by atomic mass is 19.3. The van der Waals surface area contributed by atoms with Gasteiger partial charge in [-0.2, -0.15) is 0 Å². The molecule has 228 valence electrons. The van der Waals surface area contributed by atoms with Gasteiger partial charge in [0.2, 0.25) is 11.5 Å². The molecule has 9 heteroatoms. The van der Waals surface area contributed by atoms with E-state index < -0.39 is 51.2 Å². The largest absolute Gasteiger partial charge is 0.380 e. The number of fused-ring (bicyclic) bond motifs is 7. The quantitative estimate of drug-likeness (QED) is 0.132. The normalized spacial score (nSPS) is 42.2. The highest BCUT2D eigenvalue weighted by Gasteiger charge is 2.71. The van der Waals surface area contributed by atoms with Crippen molar-refractivity contribution in [3.05, 3.63) is 34.8 Å². The van der Waals surface area contributed by atoms with Crippen molar-refractivity contribution in [2.45, 2.75) is 99.8 Å². The number of alkyl halides is 2.